The molecule has 0 unspecified atom stereocenters. The van der Waals surface area contributed by atoms with Crippen LogP contribution in [0.15, 0.2) is 12.4 Å². The lowest BCUT2D eigenvalue weighted by atomic mass is 10.4. The average Bonchev–Trinajstić information content (AvgIpc) is 2.67. The van der Waals surface area contributed by atoms with Gasteiger partial charge >= 0.3 is 0 Å². The zero-order valence-electron chi connectivity index (χ0n) is 9.66. The highest BCUT2D eigenvalue weighted by Gasteiger charge is 2.09. The zero-order chi connectivity index (χ0) is 10.9. The molecular formula is C11H21N2OS+. The van der Waals surface area contributed by atoms with Crippen molar-refractivity contribution >= 4 is 11.8 Å². The SMILES string of the molecule is CCOCCc1[nH]cc[n+]1CCSCC. The highest BCUT2D eigenvalue weighted by atomic mass is 32.2. The largest absolute Gasteiger partial charge is 0.381 e. The van der Waals surface area contributed by atoms with E-state index in [1.807, 2.05) is 24.9 Å². The van der Waals surface area contributed by atoms with Gasteiger partial charge in [0, 0.05) is 12.4 Å². The van der Waals surface area contributed by atoms with Crippen LogP contribution in [-0.4, -0.2) is 29.7 Å². The van der Waals surface area contributed by atoms with E-state index in [9.17, 15) is 0 Å². The van der Waals surface area contributed by atoms with E-state index in [-0.39, 0.29) is 0 Å². The third-order valence-corrected chi connectivity index (χ3v) is 3.10. The Bertz CT molecular complexity index is 238. The van der Waals surface area contributed by atoms with Gasteiger partial charge in [-0.3, -0.25) is 0 Å². The molecule has 0 saturated carbocycles. The van der Waals surface area contributed by atoms with Crippen molar-refractivity contribution in [3.05, 3.63) is 18.2 Å². The van der Waals surface area contributed by atoms with Crippen molar-refractivity contribution in [3.8, 4) is 0 Å². The molecule has 0 spiro atoms. The topological polar surface area (TPSA) is 28.9 Å². The Kier molecular flexibility index (Phi) is 6.52. The fourth-order valence-corrected chi connectivity index (χ4v) is 2.06. The summed E-state index contributed by atoms with van der Waals surface area (Å²) >= 11 is 1.98. The Labute approximate surface area is 96.2 Å². The second-order valence-corrected chi connectivity index (χ2v) is 4.64. The quantitative estimate of drug-likeness (QED) is 0.542. The lowest BCUT2D eigenvalue weighted by molar-refractivity contribution is -0.698. The van der Waals surface area contributed by atoms with E-state index in [1.165, 1.54) is 17.3 Å². The van der Waals surface area contributed by atoms with E-state index in [0.717, 1.165) is 26.2 Å². The first-order chi connectivity index (χ1) is 7.38. The number of aromatic amines is 1. The number of rotatable bonds is 8. The van der Waals surface area contributed by atoms with Crippen LogP contribution in [0.2, 0.25) is 0 Å². The fourth-order valence-electron chi connectivity index (χ4n) is 1.44. The number of H-pyrrole nitrogens is 1. The smallest absolute Gasteiger partial charge is 0.256 e. The summed E-state index contributed by atoms with van der Waals surface area (Å²) in [6.45, 7) is 6.91. The van der Waals surface area contributed by atoms with Crippen molar-refractivity contribution in [2.45, 2.75) is 26.8 Å². The van der Waals surface area contributed by atoms with E-state index >= 15 is 0 Å². The standard InChI is InChI=1S/C11H20N2OS/c1-3-14-9-5-11-12-6-7-13(11)8-10-15-4-2/h6-7H,3-5,8-10H2,1-2H3/p+1. The molecule has 1 N–H and O–H groups in total. The molecule has 1 aromatic heterocycles. The monoisotopic (exact) mass is 229 g/mol. The summed E-state index contributed by atoms with van der Waals surface area (Å²) < 4.78 is 7.63. The predicted octanol–water partition coefficient (Wildman–Crippen LogP) is 1.63. The van der Waals surface area contributed by atoms with Gasteiger partial charge in [-0.15, -0.1) is 0 Å². The number of hydrogen-bond acceptors (Lipinski definition) is 2. The Balaban J connectivity index is 2.32. The van der Waals surface area contributed by atoms with Gasteiger partial charge in [0.05, 0.1) is 19.6 Å². The normalized spacial score (nSPS) is 10.8. The molecule has 0 aliphatic heterocycles. The molecule has 4 heteroatoms. The van der Waals surface area contributed by atoms with Crippen molar-refractivity contribution < 1.29 is 9.30 Å². The Morgan fingerprint density at radius 1 is 1.47 bits per heavy atom. The second kappa shape index (κ2) is 7.77. The Hall–Kier alpha value is -0.480. The van der Waals surface area contributed by atoms with E-state index < -0.39 is 0 Å². The van der Waals surface area contributed by atoms with Gasteiger partial charge in [-0.1, -0.05) is 6.92 Å². The summed E-state index contributed by atoms with van der Waals surface area (Å²) in [5.74, 6) is 3.64. The first kappa shape index (κ1) is 12.6. The second-order valence-electron chi connectivity index (χ2n) is 3.24. The van der Waals surface area contributed by atoms with Crippen molar-refractivity contribution in [1.29, 1.82) is 0 Å². The van der Waals surface area contributed by atoms with Gasteiger partial charge in [-0.25, -0.2) is 9.55 Å². The fraction of sp³-hybridized carbons (Fsp3) is 0.727. The molecule has 0 radical (unpaired) electrons. The van der Waals surface area contributed by atoms with E-state index in [0.29, 0.717) is 0 Å². The highest BCUT2D eigenvalue weighted by Crippen LogP contribution is 1.98. The highest BCUT2D eigenvalue weighted by molar-refractivity contribution is 7.99. The number of imidazole rings is 1. The van der Waals surface area contributed by atoms with Crippen LogP contribution in [-0.2, 0) is 17.7 Å². The molecule has 0 aliphatic rings. The molecule has 1 aromatic rings. The molecule has 15 heavy (non-hydrogen) atoms. The number of aromatic nitrogens is 2. The molecule has 0 aromatic carbocycles. The van der Waals surface area contributed by atoms with Crippen LogP contribution in [0.1, 0.15) is 19.7 Å². The third-order valence-electron chi connectivity index (χ3n) is 2.22. The lowest BCUT2D eigenvalue weighted by Crippen LogP contribution is -2.37. The average molecular weight is 229 g/mol. The molecule has 1 heterocycles. The molecule has 0 saturated heterocycles. The number of hydrogen-bond donors (Lipinski definition) is 1. The summed E-state index contributed by atoms with van der Waals surface area (Å²) in [5.41, 5.74) is 0. The zero-order valence-corrected chi connectivity index (χ0v) is 10.5. The molecular weight excluding hydrogens is 208 g/mol. The minimum atomic E-state index is 0.798. The van der Waals surface area contributed by atoms with Gasteiger partial charge < -0.3 is 4.74 Å². The van der Waals surface area contributed by atoms with Crippen molar-refractivity contribution in [3.63, 3.8) is 0 Å². The van der Waals surface area contributed by atoms with Gasteiger partial charge in [-0.05, 0) is 12.7 Å². The molecule has 1 rings (SSSR count). The van der Waals surface area contributed by atoms with Gasteiger partial charge in [0.15, 0.2) is 0 Å². The number of nitrogens with one attached hydrogen (secondary N) is 1. The maximum Gasteiger partial charge on any atom is 0.256 e. The lowest BCUT2D eigenvalue weighted by Gasteiger charge is -2.01. The number of aryl methyl sites for hydroxylation is 1. The summed E-state index contributed by atoms with van der Waals surface area (Å²) in [4.78, 5) is 3.27. The summed E-state index contributed by atoms with van der Waals surface area (Å²) in [5, 5.41) is 0. The predicted molar refractivity (Wildman–Crippen MR) is 64.2 cm³/mol. The summed E-state index contributed by atoms with van der Waals surface area (Å²) in [7, 11) is 0. The van der Waals surface area contributed by atoms with Crippen molar-refractivity contribution in [2.24, 2.45) is 0 Å². The molecule has 0 fully saturated rings. The van der Waals surface area contributed by atoms with Crippen molar-refractivity contribution in [2.75, 3.05) is 24.7 Å². The molecule has 0 amide bonds. The van der Waals surface area contributed by atoms with Gasteiger partial charge in [0.1, 0.15) is 12.4 Å². The van der Waals surface area contributed by atoms with Crippen LogP contribution in [0.4, 0.5) is 0 Å². The van der Waals surface area contributed by atoms with Crippen LogP contribution >= 0.6 is 11.8 Å². The first-order valence-corrected chi connectivity index (χ1v) is 6.75. The molecule has 0 atom stereocenters. The molecule has 3 nitrogen and oxygen atoms in total. The maximum atomic E-state index is 5.35. The van der Waals surface area contributed by atoms with E-state index in [4.69, 9.17) is 4.74 Å². The maximum absolute atomic E-state index is 5.35. The van der Waals surface area contributed by atoms with Crippen LogP contribution < -0.4 is 4.57 Å². The Morgan fingerprint density at radius 2 is 2.33 bits per heavy atom. The van der Waals surface area contributed by atoms with Gasteiger partial charge in [0.2, 0.25) is 0 Å². The van der Waals surface area contributed by atoms with Crippen LogP contribution in [0, 0.1) is 0 Å². The first-order valence-electron chi connectivity index (χ1n) is 5.59. The van der Waals surface area contributed by atoms with Crippen molar-refractivity contribution in [1.82, 2.24) is 4.98 Å². The van der Waals surface area contributed by atoms with E-state index in [1.54, 1.807) is 0 Å². The van der Waals surface area contributed by atoms with E-state index in [2.05, 4.69) is 22.7 Å². The summed E-state index contributed by atoms with van der Waals surface area (Å²) in [6.07, 6.45) is 5.08. The summed E-state index contributed by atoms with van der Waals surface area (Å²) in [6, 6.07) is 0. The minimum absolute atomic E-state index is 0.798. The number of thioether (sulfide) groups is 1. The Morgan fingerprint density at radius 3 is 3.07 bits per heavy atom. The third kappa shape index (κ3) is 4.71. The van der Waals surface area contributed by atoms with Crippen LogP contribution in [0.3, 0.4) is 0 Å². The molecule has 86 valence electrons. The van der Waals surface area contributed by atoms with Gasteiger partial charge in [0.25, 0.3) is 5.82 Å². The van der Waals surface area contributed by atoms with Crippen LogP contribution in [0.5, 0.6) is 0 Å². The minimum Gasteiger partial charge on any atom is -0.381 e. The van der Waals surface area contributed by atoms with Crippen LogP contribution in [0.25, 0.3) is 0 Å². The number of ether oxygens (including phenoxy) is 1. The molecule has 0 aliphatic carbocycles. The molecule has 0 bridgehead atoms. The van der Waals surface area contributed by atoms with Gasteiger partial charge in [-0.2, -0.15) is 11.8 Å². The number of nitrogens with zero attached hydrogens (tertiary/aromatic N) is 1.